The van der Waals surface area contributed by atoms with Gasteiger partial charge in [0.15, 0.2) is 0 Å². The summed E-state index contributed by atoms with van der Waals surface area (Å²) in [5.74, 6) is -0.139. The summed E-state index contributed by atoms with van der Waals surface area (Å²) in [7, 11) is 0. The SMILES string of the molecule is CCCNC(Cc1ccc(Br)cc1F)c1ccc(CC)s1. The van der Waals surface area contributed by atoms with Crippen LogP contribution < -0.4 is 5.32 Å². The average Bonchev–Trinajstić information content (AvgIpc) is 2.94. The van der Waals surface area contributed by atoms with Crippen molar-refractivity contribution >= 4 is 27.3 Å². The topological polar surface area (TPSA) is 12.0 Å². The molecule has 1 heterocycles. The monoisotopic (exact) mass is 369 g/mol. The lowest BCUT2D eigenvalue weighted by Crippen LogP contribution is -2.23. The molecule has 1 unspecified atom stereocenters. The summed E-state index contributed by atoms with van der Waals surface area (Å²) in [6, 6.07) is 9.85. The van der Waals surface area contributed by atoms with E-state index in [1.54, 1.807) is 0 Å². The van der Waals surface area contributed by atoms with Gasteiger partial charge in [0.1, 0.15) is 5.82 Å². The Labute approximate surface area is 138 Å². The van der Waals surface area contributed by atoms with Gasteiger partial charge in [-0.05, 0) is 55.6 Å². The van der Waals surface area contributed by atoms with E-state index >= 15 is 0 Å². The Kier molecular flexibility index (Phi) is 6.40. The van der Waals surface area contributed by atoms with Crippen LogP contribution in [-0.2, 0) is 12.8 Å². The molecule has 0 radical (unpaired) electrons. The molecule has 114 valence electrons. The molecule has 0 aliphatic carbocycles. The van der Waals surface area contributed by atoms with Crippen LogP contribution in [0.4, 0.5) is 4.39 Å². The quantitative estimate of drug-likeness (QED) is 0.679. The minimum atomic E-state index is -0.139. The highest BCUT2D eigenvalue weighted by molar-refractivity contribution is 9.10. The van der Waals surface area contributed by atoms with Gasteiger partial charge in [0, 0.05) is 20.3 Å². The number of nitrogens with one attached hydrogen (secondary N) is 1. The van der Waals surface area contributed by atoms with E-state index in [9.17, 15) is 4.39 Å². The Morgan fingerprint density at radius 1 is 1.24 bits per heavy atom. The zero-order chi connectivity index (χ0) is 15.2. The van der Waals surface area contributed by atoms with E-state index in [1.165, 1.54) is 15.8 Å². The molecule has 0 aliphatic heterocycles. The Bertz CT molecular complexity index is 582. The van der Waals surface area contributed by atoms with Crippen LogP contribution in [0.1, 0.15) is 41.6 Å². The smallest absolute Gasteiger partial charge is 0.127 e. The fourth-order valence-corrected chi connectivity index (χ4v) is 3.63. The van der Waals surface area contributed by atoms with Crippen molar-refractivity contribution in [2.45, 2.75) is 39.2 Å². The minimum Gasteiger partial charge on any atom is -0.309 e. The predicted octanol–water partition coefficient (Wildman–Crippen LogP) is 5.50. The summed E-state index contributed by atoms with van der Waals surface area (Å²) in [4.78, 5) is 2.67. The first-order chi connectivity index (χ1) is 10.1. The molecule has 4 heteroatoms. The molecule has 0 bridgehead atoms. The zero-order valence-corrected chi connectivity index (χ0v) is 14.9. The fourth-order valence-electron chi connectivity index (χ4n) is 2.27. The first kappa shape index (κ1) is 16.7. The Morgan fingerprint density at radius 2 is 2.05 bits per heavy atom. The maximum Gasteiger partial charge on any atom is 0.127 e. The molecule has 1 N–H and O–H groups in total. The number of thiophene rings is 1. The third kappa shape index (κ3) is 4.63. The van der Waals surface area contributed by atoms with E-state index < -0.39 is 0 Å². The molecule has 0 amide bonds. The third-order valence-electron chi connectivity index (χ3n) is 3.45. The second kappa shape index (κ2) is 8.06. The van der Waals surface area contributed by atoms with Gasteiger partial charge in [-0.1, -0.05) is 35.8 Å². The minimum absolute atomic E-state index is 0.139. The largest absolute Gasteiger partial charge is 0.309 e. The molecule has 2 rings (SSSR count). The molecule has 0 saturated carbocycles. The van der Waals surface area contributed by atoms with E-state index in [-0.39, 0.29) is 11.9 Å². The van der Waals surface area contributed by atoms with Gasteiger partial charge in [-0.15, -0.1) is 11.3 Å². The maximum atomic E-state index is 14.1. The number of aryl methyl sites for hydroxylation is 1. The molecule has 0 aliphatic rings. The van der Waals surface area contributed by atoms with Crippen molar-refractivity contribution in [3.63, 3.8) is 0 Å². The molecular formula is C17H21BrFNS. The average molecular weight is 370 g/mol. The van der Waals surface area contributed by atoms with E-state index in [1.807, 2.05) is 23.5 Å². The summed E-state index contributed by atoms with van der Waals surface area (Å²) in [5.41, 5.74) is 0.762. The van der Waals surface area contributed by atoms with Crippen molar-refractivity contribution in [2.24, 2.45) is 0 Å². The molecule has 2 aromatic rings. The van der Waals surface area contributed by atoms with Crippen LogP contribution in [0.25, 0.3) is 0 Å². The van der Waals surface area contributed by atoms with Gasteiger partial charge in [0.2, 0.25) is 0 Å². The zero-order valence-electron chi connectivity index (χ0n) is 12.5. The van der Waals surface area contributed by atoms with Crippen molar-refractivity contribution < 1.29 is 4.39 Å². The van der Waals surface area contributed by atoms with Crippen molar-refractivity contribution in [3.8, 4) is 0 Å². The highest BCUT2D eigenvalue weighted by atomic mass is 79.9. The normalized spacial score (nSPS) is 12.6. The molecule has 0 saturated heterocycles. The van der Waals surface area contributed by atoms with Crippen LogP contribution in [-0.4, -0.2) is 6.54 Å². The summed E-state index contributed by atoms with van der Waals surface area (Å²) < 4.78 is 14.8. The molecule has 0 spiro atoms. The third-order valence-corrected chi connectivity index (χ3v) is 5.29. The Morgan fingerprint density at radius 3 is 2.67 bits per heavy atom. The molecule has 0 fully saturated rings. The van der Waals surface area contributed by atoms with Crippen LogP contribution in [0.15, 0.2) is 34.8 Å². The number of hydrogen-bond donors (Lipinski definition) is 1. The van der Waals surface area contributed by atoms with Gasteiger partial charge in [0.25, 0.3) is 0 Å². The molecule has 1 nitrogen and oxygen atoms in total. The summed E-state index contributed by atoms with van der Waals surface area (Å²) >= 11 is 5.13. The molecule has 1 aromatic heterocycles. The van der Waals surface area contributed by atoms with E-state index in [2.05, 4.69) is 47.2 Å². The lowest BCUT2D eigenvalue weighted by Gasteiger charge is -2.18. The summed E-state index contributed by atoms with van der Waals surface area (Å²) in [6.07, 6.45) is 2.81. The number of benzene rings is 1. The second-order valence-electron chi connectivity index (χ2n) is 5.10. The van der Waals surface area contributed by atoms with E-state index in [4.69, 9.17) is 0 Å². The summed E-state index contributed by atoms with van der Waals surface area (Å²) in [5, 5.41) is 3.55. The summed E-state index contributed by atoms with van der Waals surface area (Å²) in [6.45, 7) is 5.26. The Balaban J connectivity index is 2.19. The van der Waals surface area contributed by atoms with Crippen LogP contribution in [0.5, 0.6) is 0 Å². The first-order valence-corrected chi connectivity index (χ1v) is 9.00. The van der Waals surface area contributed by atoms with E-state index in [0.29, 0.717) is 6.42 Å². The highest BCUT2D eigenvalue weighted by Crippen LogP contribution is 2.28. The Hall–Kier alpha value is -0.710. The van der Waals surface area contributed by atoms with Gasteiger partial charge in [-0.25, -0.2) is 4.39 Å². The molecule has 1 atom stereocenters. The van der Waals surface area contributed by atoms with Gasteiger partial charge in [0.05, 0.1) is 0 Å². The van der Waals surface area contributed by atoms with Crippen LogP contribution in [0, 0.1) is 5.82 Å². The van der Waals surface area contributed by atoms with Gasteiger partial charge >= 0.3 is 0 Å². The van der Waals surface area contributed by atoms with Crippen molar-refractivity contribution in [1.29, 1.82) is 0 Å². The van der Waals surface area contributed by atoms with E-state index in [0.717, 1.165) is 29.4 Å². The standard InChI is InChI=1S/C17H21BrFNS/c1-3-9-20-16(17-8-7-14(4-2)21-17)10-12-5-6-13(18)11-15(12)19/h5-8,11,16,20H,3-4,9-10H2,1-2H3. The predicted molar refractivity (Wildman–Crippen MR) is 92.5 cm³/mol. The van der Waals surface area contributed by atoms with Crippen LogP contribution in [0.3, 0.4) is 0 Å². The van der Waals surface area contributed by atoms with Gasteiger partial charge < -0.3 is 5.32 Å². The van der Waals surface area contributed by atoms with Gasteiger partial charge in [-0.3, -0.25) is 0 Å². The number of hydrogen-bond acceptors (Lipinski definition) is 2. The molecule has 21 heavy (non-hydrogen) atoms. The molecule has 1 aromatic carbocycles. The second-order valence-corrected chi connectivity index (χ2v) is 7.22. The fraction of sp³-hybridized carbons (Fsp3) is 0.412. The van der Waals surface area contributed by atoms with Crippen LogP contribution in [0.2, 0.25) is 0 Å². The first-order valence-electron chi connectivity index (χ1n) is 7.40. The molecular weight excluding hydrogens is 349 g/mol. The van der Waals surface area contributed by atoms with Crippen LogP contribution >= 0.6 is 27.3 Å². The van der Waals surface area contributed by atoms with Crippen molar-refractivity contribution in [3.05, 3.63) is 55.9 Å². The lowest BCUT2D eigenvalue weighted by molar-refractivity contribution is 0.519. The van der Waals surface area contributed by atoms with Crippen molar-refractivity contribution in [1.82, 2.24) is 5.32 Å². The number of rotatable bonds is 7. The van der Waals surface area contributed by atoms with Gasteiger partial charge in [-0.2, -0.15) is 0 Å². The maximum absolute atomic E-state index is 14.1. The van der Waals surface area contributed by atoms with Crippen molar-refractivity contribution in [2.75, 3.05) is 6.54 Å². The number of halogens is 2. The highest BCUT2D eigenvalue weighted by Gasteiger charge is 2.16. The lowest BCUT2D eigenvalue weighted by atomic mass is 10.0.